The van der Waals surface area contributed by atoms with Crippen LogP contribution in [0.5, 0.6) is 0 Å². The molecule has 0 saturated heterocycles. The SMILES string of the molecule is CNC(=O)C(CCCc1cccnc1)OC(N)=O. The lowest BCUT2D eigenvalue weighted by Crippen LogP contribution is -2.37. The van der Waals surface area contributed by atoms with Gasteiger partial charge in [-0.1, -0.05) is 6.07 Å². The summed E-state index contributed by atoms with van der Waals surface area (Å²) in [5.41, 5.74) is 5.99. The first-order valence-corrected chi connectivity index (χ1v) is 5.70. The molecule has 0 radical (unpaired) electrons. The maximum Gasteiger partial charge on any atom is 0.405 e. The second kappa shape index (κ2) is 7.26. The topological polar surface area (TPSA) is 94.3 Å². The number of nitrogens with one attached hydrogen (secondary N) is 1. The molecule has 6 nitrogen and oxygen atoms in total. The minimum atomic E-state index is -0.940. The summed E-state index contributed by atoms with van der Waals surface area (Å²) in [6, 6.07) is 3.81. The van der Waals surface area contributed by atoms with E-state index < -0.39 is 12.2 Å². The van der Waals surface area contributed by atoms with Gasteiger partial charge in [0.2, 0.25) is 0 Å². The van der Waals surface area contributed by atoms with Crippen LogP contribution in [0.3, 0.4) is 0 Å². The minimum Gasteiger partial charge on any atom is -0.436 e. The highest BCUT2D eigenvalue weighted by Gasteiger charge is 2.20. The quantitative estimate of drug-likeness (QED) is 0.774. The second-order valence-corrected chi connectivity index (χ2v) is 3.79. The molecular weight excluding hydrogens is 234 g/mol. The first-order chi connectivity index (χ1) is 8.63. The third-order valence-electron chi connectivity index (χ3n) is 2.45. The Kier molecular flexibility index (Phi) is 5.63. The summed E-state index contributed by atoms with van der Waals surface area (Å²) in [4.78, 5) is 26.1. The Balaban J connectivity index is 2.42. The van der Waals surface area contributed by atoms with Crippen molar-refractivity contribution < 1.29 is 14.3 Å². The van der Waals surface area contributed by atoms with Crippen molar-refractivity contribution in [1.82, 2.24) is 10.3 Å². The number of pyridine rings is 1. The number of primary amides is 1. The van der Waals surface area contributed by atoms with Crippen molar-refractivity contribution in [3.8, 4) is 0 Å². The lowest BCUT2D eigenvalue weighted by molar-refractivity contribution is -0.129. The summed E-state index contributed by atoms with van der Waals surface area (Å²) in [5.74, 6) is -0.347. The van der Waals surface area contributed by atoms with Crippen molar-refractivity contribution in [3.05, 3.63) is 30.1 Å². The summed E-state index contributed by atoms with van der Waals surface area (Å²) >= 11 is 0. The van der Waals surface area contributed by atoms with Gasteiger partial charge >= 0.3 is 6.09 Å². The Morgan fingerprint density at radius 2 is 2.33 bits per heavy atom. The van der Waals surface area contributed by atoms with E-state index in [0.29, 0.717) is 12.8 Å². The fraction of sp³-hybridized carbons (Fsp3) is 0.417. The molecular formula is C12H17N3O3. The molecule has 0 bridgehead atoms. The molecule has 0 aliphatic heterocycles. The van der Waals surface area contributed by atoms with E-state index in [0.717, 1.165) is 12.0 Å². The summed E-state index contributed by atoms with van der Waals surface area (Å²) in [7, 11) is 1.49. The molecule has 2 amide bonds. The summed E-state index contributed by atoms with van der Waals surface area (Å²) < 4.78 is 4.75. The Morgan fingerprint density at radius 1 is 1.56 bits per heavy atom. The van der Waals surface area contributed by atoms with Crippen LogP contribution >= 0.6 is 0 Å². The van der Waals surface area contributed by atoms with E-state index in [2.05, 4.69) is 10.3 Å². The van der Waals surface area contributed by atoms with Crippen LogP contribution in [0.15, 0.2) is 24.5 Å². The fourth-order valence-electron chi connectivity index (χ4n) is 1.58. The number of hydrogen-bond acceptors (Lipinski definition) is 4. The van der Waals surface area contributed by atoms with Crippen LogP contribution in [-0.2, 0) is 16.0 Å². The van der Waals surface area contributed by atoms with E-state index in [1.807, 2.05) is 12.1 Å². The van der Waals surface area contributed by atoms with Crippen molar-refractivity contribution in [2.24, 2.45) is 5.73 Å². The third kappa shape index (κ3) is 4.82. The largest absolute Gasteiger partial charge is 0.436 e. The second-order valence-electron chi connectivity index (χ2n) is 3.79. The maximum atomic E-state index is 11.4. The highest BCUT2D eigenvalue weighted by Crippen LogP contribution is 2.08. The Labute approximate surface area is 106 Å². The van der Waals surface area contributed by atoms with Crippen LogP contribution in [0.25, 0.3) is 0 Å². The lowest BCUT2D eigenvalue weighted by atomic mass is 10.1. The molecule has 1 aromatic heterocycles. The monoisotopic (exact) mass is 251 g/mol. The van der Waals surface area contributed by atoms with E-state index in [4.69, 9.17) is 10.5 Å². The normalized spacial score (nSPS) is 11.6. The standard InChI is InChI=1S/C12H17N3O3/c1-14-11(16)10(18-12(13)17)6-2-4-9-5-3-7-15-8-9/h3,5,7-8,10H,2,4,6H2,1H3,(H2,13,17)(H,14,16). The summed E-state index contributed by atoms with van der Waals surface area (Å²) in [6.07, 6.45) is 3.60. The molecule has 0 saturated carbocycles. The van der Waals surface area contributed by atoms with E-state index in [-0.39, 0.29) is 5.91 Å². The first kappa shape index (κ1) is 14.0. The number of hydrogen-bond donors (Lipinski definition) is 2. The molecule has 0 spiro atoms. The molecule has 0 fully saturated rings. The number of carbonyl (C=O) groups is 2. The first-order valence-electron chi connectivity index (χ1n) is 5.70. The molecule has 0 aliphatic carbocycles. The van der Waals surface area contributed by atoms with Crippen LogP contribution in [0, 0.1) is 0 Å². The van der Waals surface area contributed by atoms with E-state index in [1.165, 1.54) is 7.05 Å². The third-order valence-corrected chi connectivity index (χ3v) is 2.45. The van der Waals surface area contributed by atoms with Crippen molar-refractivity contribution in [1.29, 1.82) is 0 Å². The number of aromatic nitrogens is 1. The predicted molar refractivity (Wildman–Crippen MR) is 65.7 cm³/mol. The molecule has 18 heavy (non-hydrogen) atoms. The summed E-state index contributed by atoms with van der Waals surface area (Å²) in [5, 5.41) is 2.44. The molecule has 98 valence electrons. The van der Waals surface area contributed by atoms with Gasteiger partial charge in [0.1, 0.15) is 0 Å². The number of rotatable bonds is 6. The van der Waals surface area contributed by atoms with E-state index in [1.54, 1.807) is 12.4 Å². The van der Waals surface area contributed by atoms with Crippen LogP contribution in [0.4, 0.5) is 4.79 Å². The number of nitrogens with two attached hydrogens (primary N) is 1. The van der Waals surface area contributed by atoms with Crippen molar-refractivity contribution in [2.75, 3.05) is 7.05 Å². The highest BCUT2D eigenvalue weighted by molar-refractivity contribution is 5.82. The van der Waals surface area contributed by atoms with Gasteiger partial charge in [-0.05, 0) is 30.9 Å². The van der Waals surface area contributed by atoms with Crippen molar-refractivity contribution >= 4 is 12.0 Å². The van der Waals surface area contributed by atoms with Gasteiger partial charge < -0.3 is 15.8 Å². The molecule has 0 aliphatic rings. The van der Waals surface area contributed by atoms with E-state index >= 15 is 0 Å². The zero-order valence-corrected chi connectivity index (χ0v) is 10.3. The number of nitrogens with zero attached hydrogens (tertiary/aromatic N) is 1. The van der Waals surface area contributed by atoms with Gasteiger partial charge in [-0.3, -0.25) is 9.78 Å². The van der Waals surface area contributed by atoms with Crippen LogP contribution in [0.1, 0.15) is 18.4 Å². The molecule has 6 heteroatoms. The highest BCUT2D eigenvalue weighted by atomic mass is 16.6. The minimum absolute atomic E-state index is 0.347. The molecule has 3 N–H and O–H groups in total. The molecule has 1 unspecified atom stereocenters. The van der Waals surface area contributed by atoms with Crippen LogP contribution in [0.2, 0.25) is 0 Å². The molecule has 0 aromatic carbocycles. The zero-order chi connectivity index (χ0) is 13.4. The van der Waals surface area contributed by atoms with Gasteiger partial charge in [0.25, 0.3) is 5.91 Å². The van der Waals surface area contributed by atoms with Crippen LogP contribution in [-0.4, -0.2) is 30.1 Å². The Bertz CT molecular complexity index is 395. The number of likely N-dealkylation sites (N-methyl/N-ethyl adjacent to an activating group) is 1. The van der Waals surface area contributed by atoms with Gasteiger partial charge in [-0.25, -0.2) is 4.79 Å². The van der Waals surface area contributed by atoms with E-state index in [9.17, 15) is 9.59 Å². The van der Waals surface area contributed by atoms with Crippen molar-refractivity contribution in [2.45, 2.75) is 25.4 Å². The molecule has 1 atom stereocenters. The van der Waals surface area contributed by atoms with Crippen LogP contribution < -0.4 is 11.1 Å². The van der Waals surface area contributed by atoms with Gasteiger partial charge in [-0.15, -0.1) is 0 Å². The van der Waals surface area contributed by atoms with Gasteiger partial charge in [0, 0.05) is 19.4 Å². The maximum absolute atomic E-state index is 11.4. The van der Waals surface area contributed by atoms with Crippen molar-refractivity contribution in [3.63, 3.8) is 0 Å². The number of amides is 2. The number of aryl methyl sites for hydroxylation is 1. The zero-order valence-electron chi connectivity index (χ0n) is 10.3. The number of carbonyl (C=O) groups excluding carboxylic acids is 2. The van der Waals surface area contributed by atoms with Gasteiger partial charge in [-0.2, -0.15) is 0 Å². The smallest absolute Gasteiger partial charge is 0.405 e. The lowest BCUT2D eigenvalue weighted by Gasteiger charge is -2.14. The summed E-state index contributed by atoms with van der Waals surface area (Å²) in [6.45, 7) is 0. The number of ether oxygens (including phenoxy) is 1. The average Bonchev–Trinajstić information content (AvgIpc) is 2.37. The molecule has 1 aromatic rings. The average molecular weight is 251 g/mol. The predicted octanol–water partition coefficient (Wildman–Crippen LogP) is 0.614. The Morgan fingerprint density at radius 3 is 2.89 bits per heavy atom. The van der Waals surface area contributed by atoms with Gasteiger partial charge in [0.05, 0.1) is 0 Å². The van der Waals surface area contributed by atoms with Gasteiger partial charge in [0.15, 0.2) is 6.10 Å². The molecule has 1 rings (SSSR count). The fourth-order valence-corrected chi connectivity index (χ4v) is 1.58. The molecule has 1 heterocycles. The Hall–Kier alpha value is -2.11.